The molecule has 1 aromatic rings. The molecule has 54 valence electrons. The van der Waals surface area contributed by atoms with Crippen molar-refractivity contribution in [3.63, 3.8) is 0 Å². The summed E-state index contributed by atoms with van der Waals surface area (Å²) in [5, 5.41) is 0. The molecule has 0 radical (unpaired) electrons. The quantitative estimate of drug-likeness (QED) is 0.469. The van der Waals surface area contributed by atoms with E-state index in [9.17, 15) is 0 Å². The van der Waals surface area contributed by atoms with Gasteiger partial charge in [0.15, 0.2) is 0 Å². The third-order valence-corrected chi connectivity index (χ3v) is 1.92. The van der Waals surface area contributed by atoms with Gasteiger partial charge in [0.2, 0.25) is 0 Å². The van der Waals surface area contributed by atoms with Gasteiger partial charge in [0.1, 0.15) is 0 Å². The van der Waals surface area contributed by atoms with E-state index in [1.165, 1.54) is 5.56 Å². The Morgan fingerprint density at radius 3 is 2.70 bits per heavy atom. The van der Waals surface area contributed by atoms with Crippen molar-refractivity contribution in [2.24, 2.45) is 0 Å². The zero-order chi connectivity index (χ0) is 7.56. The Bertz CT molecular complexity index is 233. The fourth-order valence-corrected chi connectivity index (χ4v) is 1.19. The van der Waals surface area contributed by atoms with Crippen LogP contribution in [0.15, 0.2) is 23.1 Å². The highest BCUT2D eigenvalue weighted by Crippen LogP contribution is 2.16. The van der Waals surface area contributed by atoms with Gasteiger partial charge in [0, 0.05) is 10.6 Å². The standard InChI is InChI=1S/C8H11NS/c1-2-6-5-7(9)3-4-8(6)10/h3-5,10H,2,9H2,1H3. The molecular formula is C8H11NS. The van der Waals surface area contributed by atoms with Gasteiger partial charge in [0.25, 0.3) is 0 Å². The number of hydrogen-bond acceptors (Lipinski definition) is 2. The SMILES string of the molecule is CCc1cc(N)ccc1S. The van der Waals surface area contributed by atoms with E-state index in [4.69, 9.17) is 5.73 Å². The normalized spacial score (nSPS) is 9.80. The van der Waals surface area contributed by atoms with E-state index in [0.717, 1.165) is 17.0 Å². The van der Waals surface area contributed by atoms with Crippen LogP contribution in [0.2, 0.25) is 0 Å². The van der Waals surface area contributed by atoms with Gasteiger partial charge in [0.05, 0.1) is 0 Å². The summed E-state index contributed by atoms with van der Waals surface area (Å²) in [4.78, 5) is 1.02. The average molecular weight is 153 g/mol. The maximum Gasteiger partial charge on any atom is 0.0317 e. The van der Waals surface area contributed by atoms with Gasteiger partial charge in [-0.15, -0.1) is 12.6 Å². The van der Waals surface area contributed by atoms with Crippen LogP contribution in [0.4, 0.5) is 5.69 Å². The van der Waals surface area contributed by atoms with Crippen molar-refractivity contribution in [2.45, 2.75) is 18.2 Å². The smallest absolute Gasteiger partial charge is 0.0317 e. The minimum absolute atomic E-state index is 0.814. The number of aryl methyl sites for hydroxylation is 1. The molecule has 0 unspecified atom stereocenters. The number of anilines is 1. The van der Waals surface area contributed by atoms with Crippen molar-refractivity contribution in [3.05, 3.63) is 23.8 Å². The highest BCUT2D eigenvalue weighted by Gasteiger charge is 1.94. The van der Waals surface area contributed by atoms with Crippen LogP contribution in [-0.4, -0.2) is 0 Å². The zero-order valence-corrected chi connectivity index (χ0v) is 6.86. The molecule has 0 amide bonds. The molecule has 0 bridgehead atoms. The van der Waals surface area contributed by atoms with E-state index >= 15 is 0 Å². The lowest BCUT2D eigenvalue weighted by molar-refractivity contribution is 1.09. The molecule has 1 aromatic carbocycles. The highest BCUT2D eigenvalue weighted by molar-refractivity contribution is 7.80. The van der Waals surface area contributed by atoms with Crippen molar-refractivity contribution in [1.29, 1.82) is 0 Å². The predicted molar refractivity (Wildman–Crippen MR) is 47.5 cm³/mol. The van der Waals surface area contributed by atoms with Crippen molar-refractivity contribution in [2.75, 3.05) is 5.73 Å². The molecule has 10 heavy (non-hydrogen) atoms. The molecule has 0 spiro atoms. The minimum Gasteiger partial charge on any atom is -0.399 e. The minimum atomic E-state index is 0.814. The first-order valence-corrected chi connectivity index (χ1v) is 3.76. The first-order chi connectivity index (χ1) is 4.74. The summed E-state index contributed by atoms with van der Waals surface area (Å²) >= 11 is 4.27. The molecule has 0 saturated carbocycles. The maximum absolute atomic E-state index is 5.57. The topological polar surface area (TPSA) is 26.0 Å². The Kier molecular flexibility index (Phi) is 2.22. The second-order valence-corrected chi connectivity index (χ2v) is 2.72. The van der Waals surface area contributed by atoms with Gasteiger partial charge in [-0.2, -0.15) is 0 Å². The van der Waals surface area contributed by atoms with Crippen molar-refractivity contribution in [1.82, 2.24) is 0 Å². The summed E-state index contributed by atoms with van der Waals surface area (Å²) in [7, 11) is 0. The molecule has 0 saturated heterocycles. The van der Waals surface area contributed by atoms with Crippen LogP contribution in [0, 0.1) is 0 Å². The number of nitrogen functional groups attached to an aromatic ring is 1. The van der Waals surface area contributed by atoms with E-state index in [0.29, 0.717) is 0 Å². The first-order valence-electron chi connectivity index (χ1n) is 3.31. The van der Waals surface area contributed by atoms with E-state index in [1.807, 2.05) is 18.2 Å². The van der Waals surface area contributed by atoms with E-state index in [1.54, 1.807) is 0 Å². The molecule has 2 N–H and O–H groups in total. The Labute approximate surface area is 66.7 Å². The Balaban J connectivity index is 3.09. The highest BCUT2D eigenvalue weighted by atomic mass is 32.1. The van der Waals surface area contributed by atoms with E-state index in [2.05, 4.69) is 19.6 Å². The zero-order valence-electron chi connectivity index (χ0n) is 5.96. The molecule has 0 aromatic heterocycles. The summed E-state index contributed by atoms with van der Waals surface area (Å²) in [6, 6.07) is 5.75. The molecule has 0 aliphatic carbocycles. The molecule has 1 nitrogen and oxygen atoms in total. The fourth-order valence-electron chi connectivity index (χ4n) is 0.889. The Morgan fingerprint density at radius 1 is 1.50 bits per heavy atom. The van der Waals surface area contributed by atoms with Gasteiger partial charge in [-0.25, -0.2) is 0 Å². The molecule has 0 fully saturated rings. The molecule has 0 heterocycles. The van der Waals surface area contributed by atoms with Crippen LogP contribution >= 0.6 is 12.6 Å². The van der Waals surface area contributed by atoms with E-state index in [-0.39, 0.29) is 0 Å². The number of rotatable bonds is 1. The number of nitrogens with two attached hydrogens (primary N) is 1. The monoisotopic (exact) mass is 153 g/mol. The van der Waals surface area contributed by atoms with Crippen molar-refractivity contribution < 1.29 is 0 Å². The summed E-state index contributed by atoms with van der Waals surface area (Å²) in [6.07, 6.45) is 0.990. The fraction of sp³-hybridized carbons (Fsp3) is 0.250. The van der Waals surface area contributed by atoms with Crippen LogP contribution in [0.1, 0.15) is 12.5 Å². The molecular weight excluding hydrogens is 142 g/mol. The number of thiol groups is 1. The van der Waals surface area contributed by atoms with Crippen LogP contribution in [0.5, 0.6) is 0 Å². The predicted octanol–water partition coefficient (Wildman–Crippen LogP) is 2.12. The first kappa shape index (κ1) is 7.48. The van der Waals surface area contributed by atoms with E-state index < -0.39 is 0 Å². The van der Waals surface area contributed by atoms with Gasteiger partial charge in [-0.3, -0.25) is 0 Å². The molecule has 0 aliphatic rings. The van der Waals surface area contributed by atoms with Gasteiger partial charge < -0.3 is 5.73 Å². The van der Waals surface area contributed by atoms with Crippen molar-refractivity contribution in [3.8, 4) is 0 Å². The second-order valence-electron chi connectivity index (χ2n) is 2.24. The summed E-state index contributed by atoms with van der Waals surface area (Å²) in [5.41, 5.74) is 7.60. The average Bonchev–Trinajstić information content (AvgIpc) is 1.94. The van der Waals surface area contributed by atoms with Crippen LogP contribution in [0.3, 0.4) is 0 Å². The van der Waals surface area contributed by atoms with Crippen LogP contribution in [-0.2, 0) is 6.42 Å². The van der Waals surface area contributed by atoms with Crippen molar-refractivity contribution >= 4 is 18.3 Å². The maximum atomic E-state index is 5.57. The lowest BCUT2D eigenvalue weighted by Gasteiger charge is -2.01. The largest absolute Gasteiger partial charge is 0.399 e. The van der Waals surface area contributed by atoms with Gasteiger partial charge >= 0.3 is 0 Å². The Morgan fingerprint density at radius 2 is 2.20 bits per heavy atom. The molecule has 2 heteroatoms. The second kappa shape index (κ2) is 2.97. The van der Waals surface area contributed by atoms with Crippen LogP contribution < -0.4 is 5.73 Å². The molecule has 0 aliphatic heterocycles. The van der Waals surface area contributed by atoms with Gasteiger partial charge in [-0.05, 0) is 30.2 Å². The number of benzene rings is 1. The van der Waals surface area contributed by atoms with Crippen LogP contribution in [0.25, 0.3) is 0 Å². The third kappa shape index (κ3) is 1.45. The third-order valence-electron chi connectivity index (χ3n) is 1.48. The lowest BCUT2D eigenvalue weighted by atomic mass is 10.1. The summed E-state index contributed by atoms with van der Waals surface area (Å²) < 4.78 is 0. The summed E-state index contributed by atoms with van der Waals surface area (Å²) in [6.45, 7) is 2.09. The number of hydrogen-bond donors (Lipinski definition) is 2. The lowest BCUT2D eigenvalue weighted by Crippen LogP contribution is -1.88. The molecule has 1 rings (SSSR count). The van der Waals surface area contributed by atoms with Gasteiger partial charge in [-0.1, -0.05) is 6.92 Å². The Hall–Kier alpha value is -0.630. The summed E-state index contributed by atoms with van der Waals surface area (Å²) in [5.74, 6) is 0. The molecule has 0 atom stereocenters.